The van der Waals surface area contributed by atoms with Gasteiger partial charge in [-0.1, -0.05) is 32.3 Å². The van der Waals surface area contributed by atoms with Crippen LogP contribution in [0.4, 0.5) is 5.69 Å². The number of rotatable bonds is 5. The summed E-state index contributed by atoms with van der Waals surface area (Å²) in [5.41, 5.74) is 7.48. The maximum absolute atomic E-state index is 12.6. The van der Waals surface area contributed by atoms with E-state index in [0.29, 0.717) is 23.0 Å². The van der Waals surface area contributed by atoms with E-state index in [4.69, 9.17) is 5.73 Å². The lowest BCUT2D eigenvalue weighted by atomic mass is 9.89. The molecule has 0 aliphatic heterocycles. The monoisotopic (exact) mass is 310 g/mol. The molecule has 0 saturated heterocycles. The molecule has 0 unspecified atom stereocenters. The highest BCUT2D eigenvalue weighted by atomic mass is 32.2. The largest absolute Gasteiger partial charge is 0.398 e. The van der Waals surface area contributed by atoms with E-state index in [0.717, 1.165) is 24.8 Å². The molecule has 1 aliphatic carbocycles. The zero-order valence-electron chi connectivity index (χ0n) is 13.0. The molecular formula is C16H26N2O2S. The molecule has 1 aromatic rings. The van der Waals surface area contributed by atoms with Gasteiger partial charge in [0.25, 0.3) is 0 Å². The van der Waals surface area contributed by atoms with Crippen LogP contribution < -0.4 is 5.73 Å². The fourth-order valence-corrected chi connectivity index (χ4v) is 4.35. The van der Waals surface area contributed by atoms with Gasteiger partial charge >= 0.3 is 0 Å². The molecule has 4 nitrogen and oxygen atoms in total. The van der Waals surface area contributed by atoms with Gasteiger partial charge in [0, 0.05) is 19.3 Å². The van der Waals surface area contributed by atoms with Gasteiger partial charge < -0.3 is 5.73 Å². The summed E-state index contributed by atoms with van der Waals surface area (Å²) < 4.78 is 26.7. The van der Waals surface area contributed by atoms with E-state index < -0.39 is 10.0 Å². The van der Waals surface area contributed by atoms with E-state index in [2.05, 4.69) is 0 Å². The third kappa shape index (κ3) is 3.77. The molecule has 0 atom stereocenters. The Bertz CT molecular complexity index is 578. The number of hydrogen-bond donors (Lipinski definition) is 1. The van der Waals surface area contributed by atoms with Crippen LogP contribution in [0.15, 0.2) is 23.1 Å². The van der Waals surface area contributed by atoms with E-state index in [9.17, 15) is 8.42 Å². The molecule has 0 radical (unpaired) electrons. The predicted octanol–water partition coefficient (Wildman–Crippen LogP) is 3.03. The minimum Gasteiger partial charge on any atom is -0.398 e. The van der Waals surface area contributed by atoms with Crippen molar-refractivity contribution in [2.75, 3.05) is 19.3 Å². The van der Waals surface area contributed by atoms with Crippen molar-refractivity contribution in [3.8, 4) is 0 Å². The van der Waals surface area contributed by atoms with Crippen LogP contribution >= 0.6 is 0 Å². The molecule has 2 rings (SSSR count). The first-order chi connectivity index (χ1) is 9.95. The molecule has 1 aromatic carbocycles. The zero-order chi connectivity index (χ0) is 15.5. The van der Waals surface area contributed by atoms with Gasteiger partial charge in [0.15, 0.2) is 0 Å². The van der Waals surface area contributed by atoms with Crippen molar-refractivity contribution in [3.05, 3.63) is 23.8 Å². The van der Waals surface area contributed by atoms with Crippen molar-refractivity contribution in [1.29, 1.82) is 0 Å². The third-order valence-corrected chi connectivity index (χ3v) is 6.27. The Morgan fingerprint density at radius 3 is 2.48 bits per heavy atom. The first-order valence-electron chi connectivity index (χ1n) is 7.80. The van der Waals surface area contributed by atoms with Crippen molar-refractivity contribution in [2.24, 2.45) is 5.92 Å². The minimum atomic E-state index is -3.43. The minimum absolute atomic E-state index is 0.301. The van der Waals surface area contributed by atoms with Crippen molar-refractivity contribution < 1.29 is 8.42 Å². The quantitative estimate of drug-likeness (QED) is 0.850. The molecule has 1 fully saturated rings. The highest BCUT2D eigenvalue weighted by molar-refractivity contribution is 7.89. The topological polar surface area (TPSA) is 63.4 Å². The number of sulfonamides is 1. The fraction of sp³-hybridized carbons (Fsp3) is 0.625. The molecule has 0 bridgehead atoms. The van der Waals surface area contributed by atoms with E-state index in [-0.39, 0.29) is 0 Å². The Morgan fingerprint density at radius 1 is 1.24 bits per heavy atom. The van der Waals surface area contributed by atoms with E-state index >= 15 is 0 Å². The lowest BCUT2D eigenvalue weighted by Gasteiger charge is -2.26. The van der Waals surface area contributed by atoms with Crippen LogP contribution in [0.25, 0.3) is 0 Å². The average Bonchev–Trinajstić information content (AvgIpc) is 2.48. The van der Waals surface area contributed by atoms with Gasteiger partial charge in [-0.15, -0.1) is 0 Å². The summed E-state index contributed by atoms with van der Waals surface area (Å²) in [6.07, 6.45) is 6.80. The van der Waals surface area contributed by atoms with Crippen LogP contribution in [0.5, 0.6) is 0 Å². The number of nitrogen functional groups attached to an aromatic ring is 1. The summed E-state index contributed by atoms with van der Waals surface area (Å²) in [6, 6.07) is 5.07. The fourth-order valence-electron chi connectivity index (χ4n) is 3.07. The molecule has 0 amide bonds. The molecule has 1 saturated carbocycles. The van der Waals surface area contributed by atoms with Crippen LogP contribution in [0.1, 0.15) is 44.6 Å². The Hall–Kier alpha value is -1.07. The van der Waals surface area contributed by atoms with Gasteiger partial charge in [-0.3, -0.25) is 0 Å². The Balaban J connectivity index is 2.14. The molecule has 0 aromatic heterocycles. The second kappa shape index (κ2) is 6.79. The van der Waals surface area contributed by atoms with Crippen LogP contribution in [0.3, 0.4) is 0 Å². The highest BCUT2D eigenvalue weighted by Crippen LogP contribution is 2.27. The molecule has 118 valence electrons. The molecule has 2 N–H and O–H groups in total. The Kier molecular flexibility index (Phi) is 5.27. The number of nitrogens with two attached hydrogens (primary N) is 1. The zero-order valence-corrected chi connectivity index (χ0v) is 13.8. The van der Waals surface area contributed by atoms with Gasteiger partial charge in [-0.2, -0.15) is 0 Å². The SMILES string of the molecule is CCc1ccc(S(=O)(=O)N(C)CC2CCCCC2)cc1N. The maximum atomic E-state index is 12.6. The number of anilines is 1. The van der Waals surface area contributed by atoms with Crippen LogP contribution in [0, 0.1) is 5.92 Å². The summed E-state index contributed by atoms with van der Waals surface area (Å²) in [7, 11) is -1.76. The second-order valence-corrected chi connectivity index (χ2v) is 8.05. The van der Waals surface area contributed by atoms with Gasteiger partial charge in [0.05, 0.1) is 4.90 Å². The molecule has 1 aliphatic rings. The summed E-state index contributed by atoms with van der Waals surface area (Å²) in [5, 5.41) is 0. The summed E-state index contributed by atoms with van der Waals surface area (Å²) in [4.78, 5) is 0.301. The van der Waals surface area contributed by atoms with E-state index in [1.807, 2.05) is 13.0 Å². The second-order valence-electron chi connectivity index (χ2n) is 6.00. The smallest absolute Gasteiger partial charge is 0.242 e. The van der Waals surface area contributed by atoms with E-state index in [1.54, 1.807) is 19.2 Å². The molecule has 5 heteroatoms. The third-order valence-electron chi connectivity index (χ3n) is 4.45. The van der Waals surface area contributed by atoms with Gasteiger partial charge in [0.2, 0.25) is 10.0 Å². The number of nitrogens with zero attached hydrogens (tertiary/aromatic N) is 1. The first kappa shape index (κ1) is 16.3. The summed E-state index contributed by atoms with van der Waals surface area (Å²) in [5.74, 6) is 0.491. The van der Waals surface area contributed by atoms with Gasteiger partial charge in [-0.05, 0) is 42.9 Å². The highest BCUT2D eigenvalue weighted by Gasteiger charge is 2.25. The van der Waals surface area contributed by atoms with Gasteiger partial charge in [0.1, 0.15) is 0 Å². The average molecular weight is 310 g/mol. The molecule has 0 heterocycles. The summed E-state index contributed by atoms with van der Waals surface area (Å²) >= 11 is 0. The number of benzene rings is 1. The predicted molar refractivity (Wildman–Crippen MR) is 86.6 cm³/mol. The number of hydrogen-bond acceptors (Lipinski definition) is 3. The van der Waals surface area contributed by atoms with Crippen LogP contribution in [-0.4, -0.2) is 26.3 Å². The lowest BCUT2D eigenvalue weighted by Crippen LogP contribution is -2.32. The van der Waals surface area contributed by atoms with Crippen LogP contribution in [0.2, 0.25) is 0 Å². The number of aryl methyl sites for hydroxylation is 1. The summed E-state index contributed by atoms with van der Waals surface area (Å²) in [6.45, 7) is 2.62. The standard InChI is InChI=1S/C16H26N2O2S/c1-3-14-9-10-15(11-16(14)17)21(19,20)18(2)12-13-7-5-4-6-8-13/h9-11,13H,3-8,12,17H2,1-2H3. The normalized spacial score (nSPS) is 17.3. The van der Waals surface area contributed by atoms with Crippen molar-refractivity contribution in [2.45, 2.75) is 50.3 Å². The van der Waals surface area contributed by atoms with Crippen molar-refractivity contribution in [1.82, 2.24) is 4.31 Å². The van der Waals surface area contributed by atoms with Gasteiger partial charge in [-0.25, -0.2) is 12.7 Å². The van der Waals surface area contributed by atoms with E-state index in [1.165, 1.54) is 23.6 Å². The Morgan fingerprint density at radius 2 is 1.90 bits per heavy atom. The lowest BCUT2D eigenvalue weighted by molar-refractivity contribution is 0.300. The molecular weight excluding hydrogens is 284 g/mol. The first-order valence-corrected chi connectivity index (χ1v) is 9.24. The molecule has 21 heavy (non-hydrogen) atoms. The van der Waals surface area contributed by atoms with Crippen molar-refractivity contribution in [3.63, 3.8) is 0 Å². The van der Waals surface area contributed by atoms with Crippen molar-refractivity contribution >= 4 is 15.7 Å². The maximum Gasteiger partial charge on any atom is 0.242 e. The Labute approximate surface area is 128 Å². The van der Waals surface area contributed by atoms with Crippen LogP contribution in [-0.2, 0) is 16.4 Å². The molecule has 0 spiro atoms.